The van der Waals surface area contributed by atoms with Crippen molar-refractivity contribution in [3.8, 4) is 0 Å². The molecular weight excluding hydrogens is 166 g/mol. The Labute approximate surface area is 80.1 Å². The largest absolute Gasteiger partial charge is 0.302 e. The van der Waals surface area contributed by atoms with E-state index in [1.807, 2.05) is 14.1 Å². The van der Waals surface area contributed by atoms with Gasteiger partial charge in [0.05, 0.1) is 6.54 Å². The predicted octanol–water partition coefficient (Wildman–Crippen LogP) is -0.332. The average Bonchev–Trinajstić information content (AvgIpc) is 2.04. The summed E-state index contributed by atoms with van der Waals surface area (Å²) in [6.07, 6.45) is 2.41. The molecule has 0 amide bonds. The van der Waals surface area contributed by atoms with E-state index < -0.39 is 0 Å². The molecule has 1 unspecified atom stereocenters. The number of aldehydes is 1. The second-order valence-corrected chi connectivity index (χ2v) is 3.81. The topological polar surface area (TPSA) is 26.8 Å². The Morgan fingerprint density at radius 1 is 1.46 bits per heavy atom. The SMILES string of the molecule is CN(C)C1N(C)CCCN1CC=O. The minimum atomic E-state index is 0.277. The molecule has 1 fully saturated rings. The van der Waals surface area contributed by atoms with Crippen LogP contribution in [0.4, 0.5) is 0 Å². The Kier molecular flexibility index (Phi) is 3.84. The van der Waals surface area contributed by atoms with Gasteiger partial charge in [-0.1, -0.05) is 0 Å². The Balaban J connectivity index is 2.61. The molecule has 13 heavy (non-hydrogen) atoms. The maximum Gasteiger partial charge on any atom is 0.134 e. The standard InChI is InChI=1S/C9H19N3O/c1-10(2)9-11(3)5-4-6-12(9)7-8-13/h8-9H,4-7H2,1-3H3. The van der Waals surface area contributed by atoms with Crippen LogP contribution in [0.5, 0.6) is 0 Å². The fraction of sp³-hybridized carbons (Fsp3) is 0.889. The van der Waals surface area contributed by atoms with Crippen molar-refractivity contribution in [3.05, 3.63) is 0 Å². The van der Waals surface area contributed by atoms with E-state index in [1.165, 1.54) is 0 Å². The van der Waals surface area contributed by atoms with Crippen LogP contribution >= 0.6 is 0 Å². The summed E-state index contributed by atoms with van der Waals surface area (Å²) in [5.74, 6) is 0. The first-order valence-corrected chi connectivity index (χ1v) is 4.71. The summed E-state index contributed by atoms with van der Waals surface area (Å²) in [6.45, 7) is 2.66. The van der Waals surface area contributed by atoms with Gasteiger partial charge in [0.1, 0.15) is 12.6 Å². The van der Waals surface area contributed by atoms with Gasteiger partial charge in [0.25, 0.3) is 0 Å². The van der Waals surface area contributed by atoms with Gasteiger partial charge in [-0.15, -0.1) is 0 Å². The smallest absolute Gasteiger partial charge is 0.134 e. The van der Waals surface area contributed by atoms with Crippen LogP contribution in [0.15, 0.2) is 0 Å². The summed E-state index contributed by atoms with van der Waals surface area (Å²) in [4.78, 5) is 17.1. The molecule has 0 aromatic rings. The maximum absolute atomic E-state index is 10.5. The van der Waals surface area contributed by atoms with E-state index in [1.54, 1.807) is 0 Å². The first-order valence-electron chi connectivity index (χ1n) is 4.71. The molecule has 0 aliphatic carbocycles. The van der Waals surface area contributed by atoms with Gasteiger partial charge in [-0.2, -0.15) is 0 Å². The molecule has 1 atom stereocenters. The zero-order valence-electron chi connectivity index (χ0n) is 8.73. The van der Waals surface area contributed by atoms with Crippen molar-refractivity contribution in [2.24, 2.45) is 0 Å². The summed E-state index contributed by atoms with van der Waals surface area (Å²) >= 11 is 0. The van der Waals surface area contributed by atoms with Crippen LogP contribution in [-0.2, 0) is 4.79 Å². The van der Waals surface area contributed by atoms with Crippen molar-refractivity contribution in [1.82, 2.24) is 14.7 Å². The molecule has 1 aliphatic rings. The van der Waals surface area contributed by atoms with Crippen LogP contribution < -0.4 is 0 Å². The third-order valence-electron chi connectivity index (χ3n) is 2.45. The van der Waals surface area contributed by atoms with Crippen molar-refractivity contribution in [1.29, 1.82) is 0 Å². The van der Waals surface area contributed by atoms with Crippen LogP contribution in [0, 0.1) is 0 Å². The Morgan fingerprint density at radius 3 is 2.69 bits per heavy atom. The zero-order valence-corrected chi connectivity index (χ0v) is 8.73. The van der Waals surface area contributed by atoms with Gasteiger partial charge in [0.15, 0.2) is 0 Å². The normalized spacial score (nSPS) is 26.6. The molecule has 0 aromatic carbocycles. The van der Waals surface area contributed by atoms with Crippen molar-refractivity contribution in [2.75, 3.05) is 40.8 Å². The molecule has 0 bridgehead atoms. The van der Waals surface area contributed by atoms with Crippen LogP contribution in [0.1, 0.15) is 6.42 Å². The molecule has 0 aromatic heterocycles. The lowest BCUT2D eigenvalue weighted by Crippen LogP contribution is -2.59. The van der Waals surface area contributed by atoms with E-state index in [2.05, 4.69) is 21.7 Å². The van der Waals surface area contributed by atoms with E-state index in [4.69, 9.17) is 0 Å². The monoisotopic (exact) mass is 185 g/mol. The molecule has 0 N–H and O–H groups in total. The molecule has 0 saturated carbocycles. The molecular formula is C9H19N3O. The van der Waals surface area contributed by atoms with Crippen molar-refractivity contribution >= 4 is 6.29 Å². The fourth-order valence-corrected chi connectivity index (χ4v) is 2.04. The Bertz CT molecular complexity index is 172. The highest BCUT2D eigenvalue weighted by molar-refractivity contribution is 5.52. The van der Waals surface area contributed by atoms with Gasteiger partial charge < -0.3 is 4.79 Å². The lowest BCUT2D eigenvalue weighted by Gasteiger charge is -2.44. The third kappa shape index (κ3) is 2.49. The van der Waals surface area contributed by atoms with Gasteiger partial charge in [0, 0.05) is 13.1 Å². The Morgan fingerprint density at radius 2 is 2.15 bits per heavy atom. The number of hydrogen-bond donors (Lipinski definition) is 0. The molecule has 76 valence electrons. The quantitative estimate of drug-likeness (QED) is 0.562. The number of carbonyl (C=O) groups is 1. The lowest BCUT2D eigenvalue weighted by molar-refractivity contribution is -0.115. The third-order valence-corrected chi connectivity index (χ3v) is 2.45. The zero-order chi connectivity index (χ0) is 9.84. The highest BCUT2D eigenvalue weighted by atomic mass is 16.1. The van der Waals surface area contributed by atoms with E-state index >= 15 is 0 Å². The molecule has 0 spiro atoms. The number of rotatable bonds is 3. The highest BCUT2D eigenvalue weighted by Gasteiger charge is 2.27. The lowest BCUT2D eigenvalue weighted by atomic mass is 10.2. The van der Waals surface area contributed by atoms with Crippen LogP contribution in [0.3, 0.4) is 0 Å². The summed E-state index contributed by atoms with van der Waals surface area (Å²) in [7, 11) is 6.19. The van der Waals surface area contributed by atoms with Gasteiger partial charge in [0.2, 0.25) is 0 Å². The number of nitrogens with zero attached hydrogens (tertiary/aromatic N) is 3. The summed E-state index contributed by atoms with van der Waals surface area (Å²) in [5, 5.41) is 0. The van der Waals surface area contributed by atoms with E-state index in [-0.39, 0.29) is 6.29 Å². The van der Waals surface area contributed by atoms with Gasteiger partial charge in [-0.3, -0.25) is 14.7 Å². The van der Waals surface area contributed by atoms with Crippen molar-refractivity contribution < 1.29 is 4.79 Å². The molecule has 1 heterocycles. The van der Waals surface area contributed by atoms with Crippen LogP contribution in [0.2, 0.25) is 0 Å². The van der Waals surface area contributed by atoms with Crippen molar-refractivity contribution in [2.45, 2.75) is 12.7 Å². The first-order chi connectivity index (χ1) is 6.16. The second kappa shape index (κ2) is 4.69. The minimum Gasteiger partial charge on any atom is -0.302 e. The van der Waals surface area contributed by atoms with Gasteiger partial charge in [-0.25, -0.2) is 0 Å². The maximum atomic E-state index is 10.5. The van der Waals surface area contributed by atoms with Crippen molar-refractivity contribution in [3.63, 3.8) is 0 Å². The van der Waals surface area contributed by atoms with Gasteiger partial charge >= 0.3 is 0 Å². The molecule has 1 rings (SSSR count). The molecule has 0 radical (unpaired) electrons. The van der Waals surface area contributed by atoms with Crippen LogP contribution in [-0.4, -0.2) is 68.1 Å². The molecule has 4 nitrogen and oxygen atoms in total. The summed E-state index contributed by atoms with van der Waals surface area (Å²) in [5.41, 5.74) is 0. The highest BCUT2D eigenvalue weighted by Crippen LogP contribution is 2.12. The molecule has 1 aliphatic heterocycles. The van der Waals surface area contributed by atoms with E-state index in [0.717, 1.165) is 25.8 Å². The number of hydrogen-bond acceptors (Lipinski definition) is 4. The minimum absolute atomic E-state index is 0.277. The predicted molar refractivity (Wildman–Crippen MR) is 52.4 cm³/mol. The molecule has 1 saturated heterocycles. The van der Waals surface area contributed by atoms with E-state index in [0.29, 0.717) is 6.54 Å². The summed E-state index contributed by atoms with van der Waals surface area (Å²) < 4.78 is 0. The van der Waals surface area contributed by atoms with Gasteiger partial charge in [-0.05, 0) is 27.6 Å². The van der Waals surface area contributed by atoms with E-state index in [9.17, 15) is 4.79 Å². The fourth-order valence-electron chi connectivity index (χ4n) is 2.04. The average molecular weight is 185 g/mol. The number of carbonyl (C=O) groups excluding carboxylic acids is 1. The van der Waals surface area contributed by atoms with Crippen LogP contribution in [0.25, 0.3) is 0 Å². The summed E-state index contributed by atoms with van der Waals surface area (Å²) in [6, 6.07) is 0. The molecule has 4 heteroatoms. The Hall–Kier alpha value is -0.450. The first kappa shape index (κ1) is 10.6. The second-order valence-electron chi connectivity index (χ2n) is 3.81.